The molecule has 0 bridgehead atoms. The van der Waals surface area contributed by atoms with Crippen molar-refractivity contribution in [1.29, 1.82) is 0 Å². The first-order valence-corrected chi connectivity index (χ1v) is 5.75. The van der Waals surface area contributed by atoms with Crippen molar-refractivity contribution >= 4 is 11.9 Å². The maximum absolute atomic E-state index is 11.7. The van der Waals surface area contributed by atoms with Crippen LogP contribution in [0, 0.1) is 0 Å². The summed E-state index contributed by atoms with van der Waals surface area (Å²) in [5.41, 5.74) is 0.422. The van der Waals surface area contributed by atoms with Gasteiger partial charge in [0, 0.05) is 6.42 Å². The summed E-state index contributed by atoms with van der Waals surface area (Å²) in [4.78, 5) is 22.9. The summed E-state index contributed by atoms with van der Waals surface area (Å²) in [6, 6.07) is 2.63. The molecular weight excluding hydrogens is 282 g/mol. The van der Waals surface area contributed by atoms with E-state index in [1.165, 1.54) is 18.2 Å². The molecule has 10 nitrogen and oxygen atoms in total. The monoisotopic (exact) mass is 293 g/mol. The molecule has 0 unspecified atom stereocenters. The van der Waals surface area contributed by atoms with E-state index in [0.29, 0.717) is 5.56 Å². The lowest BCUT2D eigenvalue weighted by atomic mass is 10.1. The van der Waals surface area contributed by atoms with Gasteiger partial charge in [-0.2, -0.15) is 5.21 Å². The Bertz CT molecular complexity index is 657. The standard InChI is InChI=1S/C11H11N5O5/c17-7-2-1-5(4-8(7)18)3-6(11(20)21)12-10(19)9-13-15-16-14-9/h1-2,4,6,17-18H,3H2,(H,12,19)(H,20,21)(H,13,14,15,16)/t6-/m0/s1. The molecule has 0 radical (unpaired) electrons. The first-order valence-electron chi connectivity index (χ1n) is 5.75. The highest BCUT2D eigenvalue weighted by Crippen LogP contribution is 2.25. The van der Waals surface area contributed by atoms with Gasteiger partial charge < -0.3 is 20.6 Å². The minimum Gasteiger partial charge on any atom is -0.504 e. The van der Waals surface area contributed by atoms with Crippen molar-refractivity contribution in [2.24, 2.45) is 0 Å². The summed E-state index contributed by atoms with van der Waals surface area (Å²) < 4.78 is 0. The molecule has 0 aliphatic carbocycles. The van der Waals surface area contributed by atoms with Crippen LogP contribution in [0.3, 0.4) is 0 Å². The van der Waals surface area contributed by atoms with Crippen LogP contribution in [-0.2, 0) is 11.2 Å². The predicted octanol–water partition coefficient (Wildman–Crippen LogP) is -0.963. The third-order valence-electron chi connectivity index (χ3n) is 2.63. The van der Waals surface area contributed by atoms with Crippen molar-refractivity contribution in [3.8, 4) is 11.5 Å². The molecule has 2 rings (SSSR count). The number of benzene rings is 1. The first-order chi connectivity index (χ1) is 9.97. The smallest absolute Gasteiger partial charge is 0.326 e. The normalized spacial score (nSPS) is 11.8. The first kappa shape index (κ1) is 14.2. The van der Waals surface area contributed by atoms with Crippen molar-refractivity contribution in [3.05, 3.63) is 29.6 Å². The van der Waals surface area contributed by atoms with Crippen LogP contribution in [0.25, 0.3) is 0 Å². The van der Waals surface area contributed by atoms with Gasteiger partial charge in [0.2, 0.25) is 0 Å². The maximum atomic E-state index is 11.7. The Morgan fingerprint density at radius 3 is 2.62 bits per heavy atom. The zero-order valence-corrected chi connectivity index (χ0v) is 10.5. The summed E-state index contributed by atoms with van der Waals surface area (Å²) in [7, 11) is 0. The SMILES string of the molecule is O=C(N[C@@H](Cc1ccc(O)c(O)c1)C(=O)O)c1nn[nH]n1. The zero-order valence-electron chi connectivity index (χ0n) is 10.5. The lowest BCUT2D eigenvalue weighted by molar-refractivity contribution is -0.139. The number of nitrogens with zero attached hydrogens (tertiary/aromatic N) is 3. The molecule has 21 heavy (non-hydrogen) atoms. The molecule has 0 fully saturated rings. The third-order valence-corrected chi connectivity index (χ3v) is 2.63. The van der Waals surface area contributed by atoms with Crippen LogP contribution in [0.5, 0.6) is 11.5 Å². The van der Waals surface area contributed by atoms with E-state index in [-0.39, 0.29) is 23.7 Å². The second-order valence-electron chi connectivity index (χ2n) is 4.13. The zero-order chi connectivity index (χ0) is 15.4. The number of hydrogen-bond donors (Lipinski definition) is 5. The Labute approximate surface area is 117 Å². The number of phenolic OH excluding ortho intramolecular Hbond substituents is 2. The summed E-state index contributed by atoms with van der Waals surface area (Å²) in [6.07, 6.45) is -0.0905. The molecule has 10 heteroatoms. The number of amides is 1. The molecule has 2 aromatic rings. The number of carbonyl (C=O) groups excluding carboxylic acids is 1. The predicted molar refractivity (Wildman–Crippen MR) is 66.5 cm³/mol. The van der Waals surface area contributed by atoms with Gasteiger partial charge in [0.1, 0.15) is 6.04 Å². The molecule has 1 atom stereocenters. The summed E-state index contributed by atoms with van der Waals surface area (Å²) in [5, 5.41) is 42.1. The lowest BCUT2D eigenvalue weighted by Crippen LogP contribution is -2.42. The van der Waals surface area contributed by atoms with Crippen molar-refractivity contribution in [2.75, 3.05) is 0 Å². The van der Waals surface area contributed by atoms with Crippen LogP contribution in [-0.4, -0.2) is 53.9 Å². The molecule has 5 N–H and O–H groups in total. The molecule has 110 valence electrons. The van der Waals surface area contributed by atoms with E-state index >= 15 is 0 Å². The number of rotatable bonds is 5. The van der Waals surface area contributed by atoms with Gasteiger partial charge in [0.05, 0.1) is 0 Å². The van der Waals surface area contributed by atoms with Crippen molar-refractivity contribution in [3.63, 3.8) is 0 Å². The topological polar surface area (TPSA) is 161 Å². The molecular formula is C11H11N5O5. The van der Waals surface area contributed by atoms with Gasteiger partial charge in [0.15, 0.2) is 11.5 Å². The number of hydrogen-bond acceptors (Lipinski definition) is 7. The van der Waals surface area contributed by atoms with Gasteiger partial charge in [0.25, 0.3) is 11.7 Å². The van der Waals surface area contributed by atoms with Crippen molar-refractivity contribution in [2.45, 2.75) is 12.5 Å². The quantitative estimate of drug-likeness (QED) is 0.440. The molecule has 0 aliphatic rings. The Morgan fingerprint density at radius 1 is 1.29 bits per heavy atom. The summed E-state index contributed by atoms with van der Waals surface area (Å²) in [5.74, 6) is -3.03. The highest BCUT2D eigenvalue weighted by atomic mass is 16.4. The number of carboxylic acids is 1. The average molecular weight is 293 g/mol. The van der Waals surface area contributed by atoms with Crippen molar-refractivity contribution in [1.82, 2.24) is 25.9 Å². The number of tetrazole rings is 1. The Morgan fingerprint density at radius 2 is 2.05 bits per heavy atom. The van der Waals surface area contributed by atoms with Gasteiger partial charge in [-0.15, -0.1) is 10.2 Å². The highest BCUT2D eigenvalue weighted by Gasteiger charge is 2.23. The molecule has 0 saturated heterocycles. The number of aromatic amines is 1. The van der Waals surface area contributed by atoms with E-state index in [1.807, 2.05) is 0 Å². The fourth-order valence-corrected chi connectivity index (χ4v) is 1.61. The molecule has 1 amide bonds. The Hall–Kier alpha value is -3.17. The number of nitrogens with one attached hydrogen (secondary N) is 2. The third kappa shape index (κ3) is 3.43. The molecule has 1 aromatic carbocycles. The van der Waals surface area contributed by atoms with E-state index < -0.39 is 17.9 Å². The Kier molecular flexibility index (Phi) is 3.97. The van der Waals surface area contributed by atoms with Crippen LogP contribution in [0.1, 0.15) is 16.2 Å². The molecule has 1 heterocycles. The van der Waals surface area contributed by atoms with Crippen LogP contribution in [0.4, 0.5) is 0 Å². The molecule has 1 aromatic heterocycles. The van der Waals surface area contributed by atoms with E-state index in [1.54, 1.807) is 0 Å². The number of phenols is 2. The summed E-state index contributed by atoms with van der Waals surface area (Å²) in [6.45, 7) is 0. The minimum atomic E-state index is -1.26. The maximum Gasteiger partial charge on any atom is 0.326 e. The molecule has 0 saturated carbocycles. The van der Waals surface area contributed by atoms with E-state index in [4.69, 9.17) is 5.11 Å². The van der Waals surface area contributed by atoms with Crippen LogP contribution in [0.15, 0.2) is 18.2 Å². The Balaban J connectivity index is 2.10. The van der Waals surface area contributed by atoms with Gasteiger partial charge in [-0.25, -0.2) is 4.79 Å². The highest BCUT2D eigenvalue weighted by molar-refractivity contribution is 5.93. The van der Waals surface area contributed by atoms with Gasteiger partial charge in [-0.1, -0.05) is 6.07 Å². The fraction of sp³-hybridized carbons (Fsp3) is 0.182. The second kappa shape index (κ2) is 5.86. The van der Waals surface area contributed by atoms with E-state index in [2.05, 4.69) is 25.9 Å². The van der Waals surface area contributed by atoms with Gasteiger partial charge in [-0.3, -0.25) is 4.79 Å². The number of carboxylic acid groups (broad SMARTS) is 1. The summed E-state index contributed by atoms with van der Waals surface area (Å²) >= 11 is 0. The van der Waals surface area contributed by atoms with Gasteiger partial charge >= 0.3 is 5.97 Å². The molecule has 0 aliphatic heterocycles. The minimum absolute atomic E-state index is 0.0905. The average Bonchev–Trinajstić information content (AvgIpc) is 2.96. The second-order valence-corrected chi connectivity index (χ2v) is 4.13. The van der Waals surface area contributed by atoms with Crippen LogP contribution in [0.2, 0.25) is 0 Å². The van der Waals surface area contributed by atoms with E-state index in [9.17, 15) is 19.8 Å². The number of aromatic nitrogens is 4. The van der Waals surface area contributed by atoms with Crippen LogP contribution >= 0.6 is 0 Å². The van der Waals surface area contributed by atoms with Crippen molar-refractivity contribution < 1.29 is 24.9 Å². The number of H-pyrrole nitrogens is 1. The lowest BCUT2D eigenvalue weighted by Gasteiger charge is -2.13. The largest absolute Gasteiger partial charge is 0.504 e. The number of aliphatic carboxylic acids is 1. The number of aromatic hydroxyl groups is 2. The van der Waals surface area contributed by atoms with Crippen LogP contribution < -0.4 is 5.32 Å². The number of carbonyl (C=O) groups is 2. The molecule has 0 spiro atoms. The van der Waals surface area contributed by atoms with E-state index in [0.717, 1.165) is 0 Å². The van der Waals surface area contributed by atoms with Gasteiger partial charge in [-0.05, 0) is 22.9 Å². The fourth-order valence-electron chi connectivity index (χ4n) is 1.61.